The minimum absolute atomic E-state index is 0.0162. The fourth-order valence-corrected chi connectivity index (χ4v) is 7.26. The van der Waals surface area contributed by atoms with Crippen molar-refractivity contribution in [2.24, 2.45) is 0 Å². The maximum atomic E-state index is 14.6. The van der Waals surface area contributed by atoms with Crippen molar-refractivity contribution in [3.63, 3.8) is 0 Å². The number of hydrogen-bond acceptors (Lipinski definition) is 4. The summed E-state index contributed by atoms with van der Waals surface area (Å²) < 4.78 is 70.4. The van der Waals surface area contributed by atoms with Crippen LogP contribution in [0.2, 0.25) is 15.1 Å². The Morgan fingerprint density at radius 1 is 0.837 bits per heavy atom. The molecular weight excluding hydrogens is 722 g/mol. The Bertz CT molecular complexity index is 1840. The topological polar surface area (TPSA) is 86.8 Å². The smallest absolute Gasteiger partial charge is 0.354 e. The van der Waals surface area contributed by atoms with Gasteiger partial charge in [-0.3, -0.25) is 13.9 Å². The van der Waals surface area contributed by atoms with Gasteiger partial charge in [-0.15, -0.1) is 0 Å². The van der Waals surface area contributed by atoms with Crippen molar-refractivity contribution in [2.75, 3.05) is 17.4 Å². The average Bonchev–Trinajstić information content (AvgIpc) is 3.07. The Morgan fingerprint density at radius 3 is 2.04 bits per heavy atom. The normalized spacial score (nSPS) is 12.3. The number of sulfonamides is 1. The van der Waals surface area contributed by atoms with E-state index in [1.165, 1.54) is 24.3 Å². The molecule has 2 amide bonds. The number of halogens is 6. The van der Waals surface area contributed by atoms with Crippen LogP contribution in [-0.4, -0.2) is 44.3 Å². The molecule has 0 saturated carbocycles. The maximum Gasteiger partial charge on any atom is 0.416 e. The number of alkyl halides is 3. The zero-order valence-corrected chi connectivity index (χ0v) is 29.3. The van der Waals surface area contributed by atoms with E-state index in [9.17, 15) is 31.2 Å². The molecule has 1 unspecified atom stereocenters. The average molecular weight is 755 g/mol. The molecule has 4 aromatic carbocycles. The summed E-state index contributed by atoms with van der Waals surface area (Å²) in [5.41, 5.74) is -0.773. The molecule has 0 radical (unpaired) electrons. The third-order valence-electron chi connectivity index (χ3n) is 7.64. The van der Waals surface area contributed by atoms with Gasteiger partial charge in [0, 0.05) is 35.1 Å². The van der Waals surface area contributed by atoms with Gasteiger partial charge in [-0.25, -0.2) is 8.42 Å². The molecule has 7 nitrogen and oxygen atoms in total. The highest BCUT2D eigenvalue weighted by molar-refractivity contribution is 7.92. The summed E-state index contributed by atoms with van der Waals surface area (Å²) in [4.78, 5) is 29.3. The number of rotatable bonds is 14. The summed E-state index contributed by atoms with van der Waals surface area (Å²) in [5.74, 6) is -1.45. The summed E-state index contributed by atoms with van der Waals surface area (Å²) >= 11 is 19.4. The lowest BCUT2D eigenvalue weighted by Crippen LogP contribution is -2.53. The number of nitrogens with one attached hydrogen (secondary N) is 1. The molecule has 0 fully saturated rings. The van der Waals surface area contributed by atoms with Gasteiger partial charge in [0.2, 0.25) is 11.8 Å². The van der Waals surface area contributed by atoms with E-state index in [-0.39, 0.29) is 38.5 Å². The molecule has 1 N–H and O–H groups in total. The van der Waals surface area contributed by atoms with Crippen molar-refractivity contribution >= 4 is 62.3 Å². The summed E-state index contributed by atoms with van der Waals surface area (Å²) in [7, 11) is -4.70. The van der Waals surface area contributed by atoms with Crippen molar-refractivity contribution < 1.29 is 31.2 Å². The van der Waals surface area contributed by atoms with Crippen LogP contribution in [0.3, 0.4) is 0 Å². The fraction of sp³-hybridized carbons (Fsp3) is 0.257. The van der Waals surface area contributed by atoms with Gasteiger partial charge in [0.15, 0.2) is 0 Å². The van der Waals surface area contributed by atoms with Gasteiger partial charge >= 0.3 is 6.18 Å². The van der Waals surface area contributed by atoms with E-state index in [4.69, 9.17) is 34.8 Å². The molecule has 0 saturated heterocycles. The van der Waals surface area contributed by atoms with Crippen LogP contribution in [0.25, 0.3) is 0 Å². The van der Waals surface area contributed by atoms with Gasteiger partial charge in [0.05, 0.1) is 21.2 Å². The molecule has 0 aromatic heterocycles. The Hall–Kier alpha value is -3.77. The molecule has 0 spiro atoms. The van der Waals surface area contributed by atoms with Crippen LogP contribution < -0.4 is 9.62 Å². The highest BCUT2D eigenvalue weighted by Crippen LogP contribution is 2.38. The standard InChI is InChI=1S/C35H33Cl3F3N3O4S/c1-2-3-19-42-34(46)32(20-24-11-6-4-7-12-24)43(22-27-28(36)15-10-16-29(27)37)33(45)23-44(49(47,48)26-13-8-5-9-14-26)31-21-25(35(39,40)41)17-18-30(31)38/h4-18,21,32H,2-3,19-20,22-23H2,1H3,(H,42,46). The maximum absolute atomic E-state index is 14.6. The molecule has 49 heavy (non-hydrogen) atoms. The molecule has 14 heteroatoms. The van der Waals surface area contributed by atoms with E-state index in [1.54, 1.807) is 54.6 Å². The third kappa shape index (κ3) is 9.69. The highest BCUT2D eigenvalue weighted by Gasteiger charge is 2.37. The van der Waals surface area contributed by atoms with Crippen LogP contribution in [0.4, 0.5) is 18.9 Å². The predicted molar refractivity (Wildman–Crippen MR) is 186 cm³/mol. The van der Waals surface area contributed by atoms with Gasteiger partial charge < -0.3 is 10.2 Å². The molecule has 4 aromatic rings. The largest absolute Gasteiger partial charge is 0.416 e. The van der Waals surface area contributed by atoms with E-state index < -0.39 is 51.9 Å². The van der Waals surface area contributed by atoms with Crippen LogP contribution in [0.5, 0.6) is 0 Å². The van der Waals surface area contributed by atoms with Gasteiger partial charge in [-0.05, 0) is 54.4 Å². The van der Waals surface area contributed by atoms with Gasteiger partial charge in [-0.2, -0.15) is 13.2 Å². The first kappa shape index (κ1) is 38.0. The van der Waals surface area contributed by atoms with Crippen molar-refractivity contribution in [2.45, 2.75) is 49.8 Å². The highest BCUT2D eigenvalue weighted by atomic mass is 35.5. The number of carbonyl (C=O) groups excluding carboxylic acids is 2. The van der Waals surface area contributed by atoms with E-state index in [0.717, 1.165) is 17.4 Å². The molecule has 0 heterocycles. The van der Waals surface area contributed by atoms with Crippen LogP contribution in [0, 0.1) is 0 Å². The molecule has 0 bridgehead atoms. The van der Waals surface area contributed by atoms with Crippen LogP contribution in [-0.2, 0) is 38.8 Å². The molecular formula is C35H33Cl3F3N3O4S. The van der Waals surface area contributed by atoms with E-state index >= 15 is 0 Å². The first-order valence-electron chi connectivity index (χ1n) is 15.2. The van der Waals surface area contributed by atoms with Gasteiger partial charge in [0.1, 0.15) is 12.6 Å². The molecule has 260 valence electrons. The molecule has 0 aliphatic heterocycles. The van der Waals surface area contributed by atoms with Crippen molar-refractivity contribution in [1.29, 1.82) is 0 Å². The number of amides is 2. The molecule has 0 aliphatic rings. The zero-order chi connectivity index (χ0) is 35.8. The number of unbranched alkanes of at least 4 members (excludes halogenated alkanes) is 1. The first-order valence-corrected chi connectivity index (χ1v) is 17.8. The lowest BCUT2D eigenvalue weighted by Gasteiger charge is -2.34. The minimum Gasteiger partial charge on any atom is -0.354 e. The lowest BCUT2D eigenvalue weighted by molar-refractivity contribution is -0.140. The summed E-state index contributed by atoms with van der Waals surface area (Å²) in [6.07, 6.45) is -3.39. The fourth-order valence-electron chi connectivity index (χ4n) is 5.03. The molecule has 0 aliphatic carbocycles. The Morgan fingerprint density at radius 2 is 1.45 bits per heavy atom. The van der Waals surface area contributed by atoms with Crippen LogP contribution >= 0.6 is 34.8 Å². The predicted octanol–water partition coefficient (Wildman–Crippen LogP) is 8.42. The second kappa shape index (κ2) is 16.8. The number of carbonyl (C=O) groups is 2. The minimum atomic E-state index is -4.85. The van der Waals surface area contributed by atoms with Gasteiger partial charge in [0.25, 0.3) is 10.0 Å². The number of hydrogen-bond donors (Lipinski definition) is 1. The van der Waals surface area contributed by atoms with Crippen LogP contribution in [0.15, 0.2) is 102 Å². The molecule has 1 atom stereocenters. The van der Waals surface area contributed by atoms with Crippen molar-refractivity contribution in [3.05, 3.63) is 129 Å². The summed E-state index contributed by atoms with van der Waals surface area (Å²) in [5, 5.41) is 2.87. The quantitative estimate of drug-likeness (QED) is 0.131. The lowest BCUT2D eigenvalue weighted by atomic mass is 10.0. The Labute approximate surface area is 298 Å². The number of benzene rings is 4. The van der Waals surface area contributed by atoms with Crippen LogP contribution in [0.1, 0.15) is 36.5 Å². The third-order valence-corrected chi connectivity index (χ3v) is 10.4. The second-order valence-corrected chi connectivity index (χ2v) is 14.1. The Balaban J connectivity index is 1.89. The van der Waals surface area contributed by atoms with E-state index in [2.05, 4.69) is 5.32 Å². The number of nitrogens with zero attached hydrogens (tertiary/aromatic N) is 2. The SMILES string of the molecule is CCCCNC(=O)C(Cc1ccccc1)N(Cc1c(Cl)cccc1Cl)C(=O)CN(c1cc(C(F)(F)F)ccc1Cl)S(=O)(=O)c1ccccc1. The Kier molecular flexibility index (Phi) is 13.0. The van der Waals surface area contributed by atoms with Crippen molar-refractivity contribution in [3.8, 4) is 0 Å². The summed E-state index contributed by atoms with van der Waals surface area (Å²) in [6.45, 7) is 0.910. The number of anilines is 1. The van der Waals surface area contributed by atoms with Crippen molar-refractivity contribution in [1.82, 2.24) is 10.2 Å². The summed E-state index contributed by atoms with van der Waals surface area (Å²) in [6, 6.07) is 21.5. The zero-order valence-electron chi connectivity index (χ0n) is 26.3. The van der Waals surface area contributed by atoms with E-state index in [1.807, 2.05) is 6.92 Å². The first-order chi connectivity index (χ1) is 23.2. The second-order valence-electron chi connectivity index (χ2n) is 11.1. The monoisotopic (exact) mass is 753 g/mol. The molecule has 4 rings (SSSR count). The van der Waals surface area contributed by atoms with Gasteiger partial charge in [-0.1, -0.05) is 103 Å². The van der Waals surface area contributed by atoms with E-state index in [0.29, 0.717) is 35.0 Å².